The van der Waals surface area contributed by atoms with Gasteiger partial charge in [-0.25, -0.2) is 29.5 Å². The van der Waals surface area contributed by atoms with Crippen LogP contribution in [-0.2, 0) is 44.8 Å². The molecule has 0 fully saturated rings. The second-order valence-electron chi connectivity index (χ2n) is 16.4. The summed E-state index contributed by atoms with van der Waals surface area (Å²) >= 11 is 0. The second kappa shape index (κ2) is 21.4. The quantitative estimate of drug-likeness (QED) is 0.131. The molecule has 4 N–H and O–H groups in total. The number of nitrogens with two attached hydrogens (primary N) is 1. The van der Waals surface area contributed by atoms with E-state index in [-0.39, 0.29) is 11.8 Å². The third-order valence-corrected chi connectivity index (χ3v) is 10.4. The largest absolute Gasteiger partial charge is 0.490 e. The van der Waals surface area contributed by atoms with E-state index in [9.17, 15) is 27.6 Å². The number of carbonyl (C=O) groups excluding carboxylic acids is 3. The number of nitrogens with zero attached hydrogens (tertiary/aromatic N) is 6. The van der Waals surface area contributed by atoms with Gasteiger partial charge in [-0.2, -0.15) is 13.2 Å². The number of anilines is 2. The fourth-order valence-electron chi connectivity index (χ4n) is 7.32. The zero-order chi connectivity index (χ0) is 47.4. The number of aromatic nitrogens is 4. The van der Waals surface area contributed by atoms with Gasteiger partial charge in [-0.15, -0.1) is 0 Å². The van der Waals surface area contributed by atoms with Gasteiger partial charge in [-0.05, 0) is 85.5 Å². The number of rotatable bonds is 9. The maximum atomic E-state index is 13.7. The number of alkyl halides is 3. The second-order valence-corrected chi connectivity index (χ2v) is 16.4. The van der Waals surface area contributed by atoms with Crippen LogP contribution >= 0.6 is 0 Å². The van der Waals surface area contributed by atoms with E-state index >= 15 is 0 Å². The molecule has 8 rings (SSSR count). The Hall–Kier alpha value is -7.53. The Morgan fingerprint density at radius 1 is 0.667 bits per heavy atom. The summed E-state index contributed by atoms with van der Waals surface area (Å²) in [4.78, 5) is 68.0. The van der Waals surface area contributed by atoms with Gasteiger partial charge in [0.05, 0.1) is 6.04 Å². The molecule has 4 heterocycles. The van der Waals surface area contributed by atoms with Gasteiger partial charge < -0.3 is 30.7 Å². The molecule has 0 spiro atoms. The van der Waals surface area contributed by atoms with Crippen molar-refractivity contribution in [1.82, 2.24) is 25.3 Å². The number of nitrogens with one attached hydrogen (secondary N) is 1. The summed E-state index contributed by atoms with van der Waals surface area (Å²) in [6, 6.07) is 30.5. The van der Waals surface area contributed by atoms with Gasteiger partial charge in [0, 0.05) is 66.8 Å². The first kappa shape index (κ1) is 47.9. The molecule has 0 radical (unpaired) electrons. The van der Waals surface area contributed by atoms with E-state index in [2.05, 4.69) is 37.4 Å². The van der Waals surface area contributed by atoms with Gasteiger partial charge in [0.15, 0.2) is 0 Å². The highest BCUT2D eigenvalue weighted by atomic mass is 19.4. The molecular weight excluding hydrogens is 854 g/mol. The Balaban J connectivity index is 0.000000194. The maximum absolute atomic E-state index is 13.7. The minimum atomic E-state index is -5.08. The van der Waals surface area contributed by atoms with Gasteiger partial charge in [-0.1, -0.05) is 84.9 Å². The minimum Gasteiger partial charge on any atom is -0.475 e. The molecule has 2 atom stereocenters. The molecule has 2 aliphatic rings. The maximum Gasteiger partial charge on any atom is 0.490 e. The highest BCUT2D eigenvalue weighted by Crippen LogP contribution is 2.34. The average molecular weight is 903 g/mol. The molecule has 66 heavy (non-hydrogen) atoms. The van der Waals surface area contributed by atoms with Crippen molar-refractivity contribution in [1.29, 1.82) is 0 Å². The van der Waals surface area contributed by atoms with E-state index in [0.29, 0.717) is 25.9 Å². The molecule has 3 amide bonds. The van der Waals surface area contributed by atoms with Crippen molar-refractivity contribution in [2.45, 2.75) is 70.3 Å². The predicted molar refractivity (Wildman–Crippen MR) is 242 cm³/mol. The van der Waals surface area contributed by atoms with E-state index in [4.69, 9.17) is 20.4 Å². The van der Waals surface area contributed by atoms with Crippen LogP contribution in [0.2, 0.25) is 0 Å². The molecule has 14 nitrogen and oxygen atoms in total. The highest BCUT2D eigenvalue weighted by molar-refractivity contribution is 6.01. The van der Waals surface area contributed by atoms with Gasteiger partial charge >= 0.3 is 18.2 Å². The summed E-state index contributed by atoms with van der Waals surface area (Å²) in [5.41, 5.74) is 15.4. The topological polar surface area (TPSA) is 194 Å². The van der Waals surface area contributed by atoms with Crippen molar-refractivity contribution >= 4 is 35.3 Å². The Morgan fingerprint density at radius 2 is 1.09 bits per heavy atom. The Bertz CT molecular complexity index is 2600. The van der Waals surface area contributed by atoms with Crippen molar-refractivity contribution in [2.24, 2.45) is 5.73 Å². The van der Waals surface area contributed by atoms with Crippen molar-refractivity contribution in [3.05, 3.63) is 157 Å². The number of hydrogen-bond acceptors (Lipinski definition) is 10. The van der Waals surface area contributed by atoms with E-state index < -0.39 is 35.9 Å². The molecule has 0 saturated carbocycles. The zero-order valence-corrected chi connectivity index (χ0v) is 36.5. The first-order chi connectivity index (χ1) is 31.5. The van der Waals surface area contributed by atoms with Crippen molar-refractivity contribution in [3.8, 4) is 22.3 Å². The Labute approximate surface area is 379 Å². The molecule has 342 valence electrons. The third-order valence-electron chi connectivity index (χ3n) is 10.4. The normalized spacial score (nSPS) is 13.7. The lowest BCUT2D eigenvalue weighted by molar-refractivity contribution is -0.192. The van der Waals surface area contributed by atoms with Gasteiger partial charge in [0.25, 0.3) is 0 Å². The zero-order valence-electron chi connectivity index (χ0n) is 36.5. The summed E-state index contributed by atoms with van der Waals surface area (Å²) in [5, 5.41) is 9.93. The molecule has 2 aliphatic heterocycles. The number of benzene rings is 4. The SMILES string of the molecule is CC(C)(C)OC(=O)N[C@@H](Cc1ccccc1)C(=O)N1CCc2ccc(-c3cncnc3)cc21.N[C@@H](Cc1ccccc1)C(=O)N1CCc2ccc(-c3cncnc3)cc21.O=C(O)C(F)(F)F. The highest BCUT2D eigenvalue weighted by Gasteiger charge is 2.38. The molecule has 0 unspecified atom stereocenters. The van der Waals surface area contributed by atoms with Crippen LogP contribution in [0.5, 0.6) is 0 Å². The summed E-state index contributed by atoms with van der Waals surface area (Å²) in [5.74, 6) is -2.95. The van der Waals surface area contributed by atoms with Crippen molar-refractivity contribution in [3.63, 3.8) is 0 Å². The first-order valence-corrected chi connectivity index (χ1v) is 21.0. The minimum absolute atomic E-state index is 0.0333. The smallest absolute Gasteiger partial charge is 0.475 e. The number of amides is 3. The Kier molecular flexibility index (Phi) is 15.6. The van der Waals surface area contributed by atoms with Crippen LogP contribution < -0.4 is 20.9 Å². The summed E-state index contributed by atoms with van der Waals surface area (Å²) < 4.78 is 37.2. The number of fused-ring (bicyclic) bond motifs is 2. The lowest BCUT2D eigenvalue weighted by Crippen LogP contribution is -2.50. The number of halogens is 3. The van der Waals surface area contributed by atoms with Crippen molar-refractivity contribution < 1.29 is 42.2 Å². The number of aliphatic carboxylic acids is 1. The molecule has 0 saturated heterocycles. The average Bonchev–Trinajstić information content (AvgIpc) is 3.93. The monoisotopic (exact) mass is 902 g/mol. The first-order valence-electron chi connectivity index (χ1n) is 21.0. The van der Waals surface area contributed by atoms with Crippen molar-refractivity contribution in [2.75, 3.05) is 22.9 Å². The van der Waals surface area contributed by atoms with Crippen LogP contribution in [0.15, 0.2) is 135 Å². The van der Waals surface area contributed by atoms with Crippen LogP contribution in [0, 0.1) is 0 Å². The molecule has 17 heteroatoms. The van der Waals surface area contributed by atoms with Crippen LogP contribution in [0.4, 0.5) is 29.3 Å². The summed E-state index contributed by atoms with van der Waals surface area (Å²) in [6.45, 7) is 6.63. The molecular formula is C49H49F3N8O6. The van der Waals surface area contributed by atoms with E-state index in [1.165, 1.54) is 18.2 Å². The molecule has 0 bridgehead atoms. The fourth-order valence-corrected chi connectivity index (χ4v) is 7.32. The lowest BCUT2D eigenvalue weighted by atomic mass is 10.0. The molecule has 4 aromatic carbocycles. The number of ether oxygens (including phenoxy) is 1. The van der Waals surface area contributed by atoms with Crippen LogP contribution in [0.25, 0.3) is 22.3 Å². The lowest BCUT2D eigenvalue weighted by Gasteiger charge is -2.27. The van der Waals surface area contributed by atoms with Crippen LogP contribution in [0.1, 0.15) is 43.0 Å². The fraction of sp³-hybridized carbons (Fsp3) is 0.265. The summed E-state index contributed by atoms with van der Waals surface area (Å²) in [6.07, 6.45) is 6.88. The third kappa shape index (κ3) is 13.0. The number of hydrogen-bond donors (Lipinski definition) is 3. The molecule has 0 aliphatic carbocycles. The predicted octanol–water partition coefficient (Wildman–Crippen LogP) is 7.40. The number of carboxylic acid groups (broad SMARTS) is 1. The molecule has 6 aromatic rings. The molecule has 2 aromatic heterocycles. The van der Waals surface area contributed by atoms with Gasteiger partial charge in [0.2, 0.25) is 11.8 Å². The van der Waals surface area contributed by atoms with Gasteiger partial charge in [-0.3, -0.25) is 9.59 Å². The number of alkyl carbamates (subject to hydrolysis) is 1. The summed E-state index contributed by atoms with van der Waals surface area (Å²) in [7, 11) is 0. The van der Waals surface area contributed by atoms with Crippen LogP contribution in [-0.4, -0.2) is 85.9 Å². The number of carboxylic acids is 1. The van der Waals surface area contributed by atoms with E-state index in [0.717, 1.165) is 63.2 Å². The Morgan fingerprint density at radius 3 is 1.52 bits per heavy atom. The van der Waals surface area contributed by atoms with Crippen LogP contribution in [0.3, 0.4) is 0 Å². The van der Waals surface area contributed by atoms with E-state index in [1.807, 2.05) is 89.8 Å². The number of carbonyl (C=O) groups is 4. The van der Waals surface area contributed by atoms with E-state index in [1.54, 1.807) is 50.5 Å². The standard InChI is InChI=1S/C26H28N4O3.C21H20N4O.C2HF3O2/c1-26(2,3)33-25(32)29-22(13-18-7-5-4-6-8-18)24(31)30-12-11-19-9-10-20(14-23(19)30)21-15-27-17-28-16-21;22-19(10-15-4-2-1-3-5-15)21(26)25-9-8-16-6-7-17(11-20(16)25)18-12-23-14-24-13-18;3-2(4,5)1(6)7/h4-10,14-17,22H,11-13H2,1-3H3,(H,29,32);1-7,11-14,19H,8-10,22H2;(H,6,7)/t22-;19-;/m00./s1. The van der Waals surface area contributed by atoms with Gasteiger partial charge in [0.1, 0.15) is 24.3 Å².